The highest BCUT2D eigenvalue weighted by molar-refractivity contribution is 5.70. The van der Waals surface area contributed by atoms with E-state index in [4.69, 9.17) is 18.9 Å². The molecule has 0 aliphatic rings. The van der Waals surface area contributed by atoms with Crippen molar-refractivity contribution >= 4 is 17.9 Å². The number of nitrogens with zero attached hydrogens (tertiary/aromatic N) is 1. The van der Waals surface area contributed by atoms with Crippen LogP contribution in [-0.4, -0.2) is 82.3 Å². The van der Waals surface area contributed by atoms with Crippen molar-refractivity contribution in [2.24, 2.45) is 0 Å². The fourth-order valence-corrected chi connectivity index (χ4v) is 6.86. The number of esters is 2. The Bertz CT molecular complexity index is 1020. The number of ether oxygens (including phenoxy) is 4. The van der Waals surface area contributed by atoms with Crippen molar-refractivity contribution in [1.82, 2.24) is 0 Å². The summed E-state index contributed by atoms with van der Waals surface area (Å²) in [6.45, 7) is 4.73. The van der Waals surface area contributed by atoms with Gasteiger partial charge < -0.3 is 33.3 Å². The number of rotatable bonds is 45. The number of carbonyl (C=O) groups excluding carboxylic acids is 3. The van der Waals surface area contributed by atoms with Crippen molar-refractivity contribution in [3.8, 4) is 0 Å². The van der Waals surface area contributed by atoms with Gasteiger partial charge in [-0.2, -0.15) is 0 Å². The van der Waals surface area contributed by atoms with Crippen LogP contribution < -0.4 is 5.11 Å². The van der Waals surface area contributed by atoms with Crippen LogP contribution in [0.1, 0.15) is 219 Å². The average molecular weight is 836 g/mol. The normalized spacial score (nSPS) is 13.0. The maximum absolute atomic E-state index is 12.8. The molecule has 0 fully saturated rings. The zero-order valence-corrected chi connectivity index (χ0v) is 39.1. The van der Waals surface area contributed by atoms with Crippen LogP contribution in [-0.2, 0) is 33.3 Å². The van der Waals surface area contributed by atoms with Crippen LogP contribution in [0.4, 0.5) is 0 Å². The highest BCUT2D eigenvalue weighted by Gasteiger charge is 2.21. The minimum Gasteiger partial charge on any atom is -0.545 e. The minimum absolute atomic E-state index is 0.148. The molecule has 9 heteroatoms. The van der Waals surface area contributed by atoms with E-state index in [1.54, 1.807) is 0 Å². The van der Waals surface area contributed by atoms with Crippen LogP contribution in [0.2, 0.25) is 0 Å². The summed E-state index contributed by atoms with van der Waals surface area (Å²) in [5.41, 5.74) is 0. The van der Waals surface area contributed by atoms with E-state index in [-0.39, 0.29) is 32.2 Å². The number of quaternary nitrogens is 1. The molecule has 0 spiro atoms. The van der Waals surface area contributed by atoms with Gasteiger partial charge in [0.05, 0.1) is 40.3 Å². The number of hydrogen-bond acceptors (Lipinski definition) is 8. The van der Waals surface area contributed by atoms with Gasteiger partial charge in [0.1, 0.15) is 13.2 Å². The maximum atomic E-state index is 12.8. The van der Waals surface area contributed by atoms with Gasteiger partial charge in [-0.3, -0.25) is 9.59 Å². The van der Waals surface area contributed by atoms with E-state index in [9.17, 15) is 19.5 Å². The Morgan fingerprint density at radius 2 is 0.915 bits per heavy atom. The molecule has 9 nitrogen and oxygen atoms in total. The summed E-state index contributed by atoms with van der Waals surface area (Å²) < 4.78 is 22.6. The topological polar surface area (TPSA) is 111 Å². The van der Waals surface area contributed by atoms with E-state index in [1.807, 2.05) is 21.1 Å². The molecule has 0 rings (SSSR count). The van der Waals surface area contributed by atoms with E-state index in [0.717, 1.165) is 51.4 Å². The molecule has 2 atom stereocenters. The Morgan fingerprint density at radius 3 is 1.37 bits per heavy atom. The first-order valence-electron chi connectivity index (χ1n) is 24.5. The summed E-state index contributed by atoms with van der Waals surface area (Å²) in [7, 11) is 5.91. The largest absolute Gasteiger partial charge is 0.545 e. The van der Waals surface area contributed by atoms with Crippen molar-refractivity contribution in [1.29, 1.82) is 0 Å². The molecular weight excluding hydrogens is 743 g/mol. The second-order valence-corrected chi connectivity index (χ2v) is 17.8. The van der Waals surface area contributed by atoms with Crippen molar-refractivity contribution in [2.75, 3.05) is 47.5 Å². The molecule has 0 aliphatic carbocycles. The average Bonchev–Trinajstić information content (AvgIpc) is 3.19. The first-order chi connectivity index (χ1) is 28.6. The van der Waals surface area contributed by atoms with Gasteiger partial charge in [-0.25, -0.2) is 0 Å². The number of aliphatic carboxylic acids is 1. The Labute approximate surface area is 363 Å². The predicted molar refractivity (Wildman–Crippen MR) is 242 cm³/mol. The Kier molecular flexibility index (Phi) is 40.9. The number of carbonyl (C=O) groups is 3. The highest BCUT2D eigenvalue weighted by atomic mass is 16.7. The lowest BCUT2D eigenvalue weighted by Gasteiger charge is -2.26. The molecule has 0 aromatic heterocycles. The number of carboxylic acids is 1. The zero-order chi connectivity index (χ0) is 43.5. The summed E-state index contributed by atoms with van der Waals surface area (Å²) in [4.78, 5) is 37.1. The standard InChI is InChI=1S/C50H93NO8/c1-6-8-10-12-14-16-18-20-22-24-26-28-30-32-34-36-38-40-47(52)57-44-46(45-58-50(49(54)55)56-43-42-51(3,4)5)59-48(53)41-39-37-35-33-31-29-27-25-23-21-19-17-15-13-11-9-7-2/h15,17,21,23,46,50H,6-14,16,18-20,22,24-45H2,1-5H3/b17-15-,23-21-. The molecule has 0 aliphatic heterocycles. The van der Waals surface area contributed by atoms with Gasteiger partial charge in [-0.05, 0) is 44.9 Å². The Morgan fingerprint density at radius 1 is 0.508 bits per heavy atom. The van der Waals surface area contributed by atoms with E-state index >= 15 is 0 Å². The van der Waals surface area contributed by atoms with Gasteiger partial charge in [0.25, 0.3) is 0 Å². The molecular formula is C50H93NO8. The number of unbranched alkanes of at least 4 members (excludes halogenated alkanes) is 26. The quantitative estimate of drug-likeness (QED) is 0.0196. The van der Waals surface area contributed by atoms with Crippen molar-refractivity contribution in [2.45, 2.75) is 232 Å². The lowest BCUT2D eigenvalue weighted by atomic mass is 10.0. The number of allylic oxidation sites excluding steroid dienone is 4. The fraction of sp³-hybridized carbons (Fsp3) is 0.860. The van der Waals surface area contributed by atoms with Gasteiger partial charge in [-0.1, -0.05) is 186 Å². The Hall–Kier alpha value is -2.23. The van der Waals surface area contributed by atoms with Gasteiger partial charge in [-0.15, -0.1) is 0 Å². The molecule has 0 aromatic rings. The summed E-state index contributed by atoms with van der Waals surface area (Å²) in [6, 6.07) is 0. The molecule has 2 unspecified atom stereocenters. The van der Waals surface area contributed by atoms with Crippen molar-refractivity contribution in [3.63, 3.8) is 0 Å². The van der Waals surface area contributed by atoms with E-state index < -0.39 is 24.3 Å². The van der Waals surface area contributed by atoms with Gasteiger partial charge in [0.15, 0.2) is 12.4 Å². The van der Waals surface area contributed by atoms with Crippen molar-refractivity contribution in [3.05, 3.63) is 24.3 Å². The van der Waals surface area contributed by atoms with Crippen LogP contribution in [0.3, 0.4) is 0 Å². The molecule has 346 valence electrons. The fourth-order valence-electron chi connectivity index (χ4n) is 6.86. The molecule has 0 N–H and O–H groups in total. The zero-order valence-electron chi connectivity index (χ0n) is 39.1. The summed E-state index contributed by atoms with van der Waals surface area (Å²) >= 11 is 0. The molecule has 0 heterocycles. The van der Waals surface area contributed by atoms with Crippen molar-refractivity contribution < 1.29 is 42.9 Å². The van der Waals surface area contributed by atoms with Gasteiger partial charge in [0.2, 0.25) is 0 Å². The molecule has 0 amide bonds. The molecule has 0 saturated carbocycles. The van der Waals surface area contributed by atoms with Crippen LogP contribution in [0.5, 0.6) is 0 Å². The number of carboxylic acid groups (broad SMARTS) is 1. The summed E-state index contributed by atoms with van der Waals surface area (Å²) in [5.74, 6) is -2.28. The number of likely N-dealkylation sites (N-methyl/N-ethyl adjacent to an activating group) is 1. The first kappa shape index (κ1) is 56.8. The molecule has 0 radical (unpaired) electrons. The van der Waals surface area contributed by atoms with Crippen LogP contribution in [0.15, 0.2) is 24.3 Å². The first-order valence-corrected chi connectivity index (χ1v) is 24.5. The Balaban J connectivity index is 4.37. The van der Waals surface area contributed by atoms with E-state index in [1.165, 1.54) is 135 Å². The molecule has 0 bridgehead atoms. The second-order valence-electron chi connectivity index (χ2n) is 17.8. The lowest BCUT2D eigenvalue weighted by Crippen LogP contribution is -2.44. The summed E-state index contributed by atoms with van der Waals surface area (Å²) in [6.07, 6.45) is 43.4. The monoisotopic (exact) mass is 836 g/mol. The second kappa shape index (κ2) is 42.5. The maximum Gasteiger partial charge on any atom is 0.306 e. The third-order valence-corrected chi connectivity index (χ3v) is 10.7. The third-order valence-electron chi connectivity index (χ3n) is 10.7. The molecule has 0 aromatic carbocycles. The predicted octanol–water partition coefficient (Wildman–Crippen LogP) is 11.9. The third kappa shape index (κ3) is 43.7. The van der Waals surface area contributed by atoms with E-state index in [0.29, 0.717) is 23.9 Å². The van der Waals surface area contributed by atoms with Gasteiger partial charge >= 0.3 is 11.9 Å². The SMILES string of the molecule is CCCCC/C=C\C/C=C\CCCCCCCCCC(=O)OC(COC(=O)CCCCCCCCCCCCCCCCCCC)COC(OCC[N+](C)(C)C)C(=O)[O-]. The van der Waals surface area contributed by atoms with E-state index in [2.05, 4.69) is 38.2 Å². The van der Waals surface area contributed by atoms with Gasteiger partial charge in [0, 0.05) is 12.8 Å². The van der Waals surface area contributed by atoms with Crippen LogP contribution in [0, 0.1) is 0 Å². The van der Waals surface area contributed by atoms with Crippen LogP contribution >= 0.6 is 0 Å². The minimum atomic E-state index is -1.62. The smallest absolute Gasteiger partial charge is 0.306 e. The van der Waals surface area contributed by atoms with Crippen LogP contribution in [0.25, 0.3) is 0 Å². The summed E-state index contributed by atoms with van der Waals surface area (Å²) in [5, 5.41) is 11.7. The molecule has 59 heavy (non-hydrogen) atoms. The highest BCUT2D eigenvalue weighted by Crippen LogP contribution is 2.16. The number of hydrogen-bond donors (Lipinski definition) is 0. The lowest BCUT2D eigenvalue weighted by molar-refractivity contribution is -0.870. The molecule has 0 saturated heterocycles.